The van der Waals surface area contributed by atoms with Gasteiger partial charge >= 0.3 is 0 Å². The van der Waals surface area contributed by atoms with Gasteiger partial charge < -0.3 is 0 Å². The highest BCUT2D eigenvalue weighted by Crippen LogP contribution is 2.17. The molecule has 6 heteroatoms. The third-order valence-corrected chi connectivity index (χ3v) is 5.65. The molecule has 0 saturated carbocycles. The number of nitrogens with zero attached hydrogens (tertiary/aromatic N) is 2. The standard InChI is InChI=1S/C12H20N2O3S/c1-9-11(8-15)10(2)14(13-9)6-7-18(16,17)12(3,4)5/h8H,6-7H2,1-5H3. The summed E-state index contributed by atoms with van der Waals surface area (Å²) in [6, 6.07) is 0. The predicted octanol–water partition coefficient (Wildman–Crippen LogP) is 1.53. The molecular weight excluding hydrogens is 252 g/mol. The van der Waals surface area contributed by atoms with Gasteiger partial charge in [-0.3, -0.25) is 9.48 Å². The van der Waals surface area contributed by atoms with Gasteiger partial charge in [0.1, 0.15) is 0 Å². The van der Waals surface area contributed by atoms with Crippen molar-refractivity contribution in [1.29, 1.82) is 0 Å². The zero-order chi connectivity index (χ0) is 14.1. The van der Waals surface area contributed by atoms with E-state index in [0.717, 1.165) is 6.29 Å². The summed E-state index contributed by atoms with van der Waals surface area (Å²) < 4.78 is 24.8. The number of carbonyl (C=O) groups is 1. The molecule has 1 aromatic rings. The van der Waals surface area contributed by atoms with Crippen LogP contribution >= 0.6 is 0 Å². The van der Waals surface area contributed by atoms with E-state index < -0.39 is 14.6 Å². The van der Waals surface area contributed by atoms with E-state index in [-0.39, 0.29) is 12.3 Å². The zero-order valence-electron chi connectivity index (χ0n) is 11.5. The highest BCUT2D eigenvalue weighted by molar-refractivity contribution is 7.92. The second-order valence-corrected chi connectivity index (χ2v) is 8.22. The van der Waals surface area contributed by atoms with E-state index in [2.05, 4.69) is 5.10 Å². The number of aryl methyl sites for hydroxylation is 2. The van der Waals surface area contributed by atoms with Crippen molar-refractivity contribution in [3.63, 3.8) is 0 Å². The molecule has 0 aliphatic rings. The summed E-state index contributed by atoms with van der Waals surface area (Å²) in [5.74, 6) is 0.0246. The largest absolute Gasteiger partial charge is 0.298 e. The molecule has 0 N–H and O–H groups in total. The topological polar surface area (TPSA) is 69.0 Å². The van der Waals surface area contributed by atoms with E-state index in [1.807, 2.05) is 0 Å². The van der Waals surface area contributed by atoms with Gasteiger partial charge in [-0.25, -0.2) is 8.42 Å². The SMILES string of the molecule is Cc1nn(CCS(=O)(=O)C(C)(C)C)c(C)c1C=O. The number of aromatic nitrogens is 2. The molecule has 0 bridgehead atoms. The summed E-state index contributed by atoms with van der Waals surface area (Å²) in [5, 5.41) is 4.19. The number of hydrogen-bond acceptors (Lipinski definition) is 4. The monoisotopic (exact) mass is 272 g/mol. The summed E-state index contributed by atoms with van der Waals surface area (Å²) >= 11 is 0. The minimum atomic E-state index is -3.17. The molecule has 0 fully saturated rings. The van der Waals surface area contributed by atoms with Crippen molar-refractivity contribution in [2.45, 2.75) is 45.9 Å². The lowest BCUT2D eigenvalue weighted by atomic mass is 10.2. The van der Waals surface area contributed by atoms with Gasteiger partial charge in [-0.1, -0.05) is 0 Å². The molecule has 0 unspecified atom stereocenters. The van der Waals surface area contributed by atoms with Crippen molar-refractivity contribution >= 4 is 16.1 Å². The van der Waals surface area contributed by atoms with Crippen molar-refractivity contribution in [2.24, 2.45) is 0 Å². The van der Waals surface area contributed by atoms with Crippen LogP contribution in [0.5, 0.6) is 0 Å². The lowest BCUT2D eigenvalue weighted by molar-refractivity contribution is 0.112. The third-order valence-electron chi connectivity index (χ3n) is 3.06. The van der Waals surface area contributed by atoms with Crippen molar-refractivity contribution in [1.82, 2.24) is 9.78 Å². The highest BCUT2D eigenvalue weighted by atomic mass is 32.2. The minimum absolute atomic E-state index is 0.0246. The van der Waals surface area contributed by atoms with E-state index in [4.69, 9.17) is 0 Å². The molecule has 5 nitrogen and oxygen atoms in total. The molecule has 0 amide bonds. The molecule has 0 aromatic carbocycles. The Hall–Kier alpha value is -1.17. The van der Waals surface area contributed by atoms with Crippen LogP contribution in [0.4, 0.5) is 0 Å². The molecule has 0 aliphatic carbocycles. The van der Waals surface area contributed by atoms with Crippen LogP contribution in [-0.4, -0.2) is 35.0 Å². The first-order chi connectivity index (χ1) is 8.10. The molecule has 0 radical (unpaired) electrons. The van der Waals surface area contributed by atoms with Crippen LogP contribution in [0.1, 0.15) is 42.5 Å². The summed E-state index contributed by atoms with van der Waals surface area (Å²) in [7, 11) is -3.17. The molecule has 0 saturated heterocycles. The van der Waals surface area contributed by atoms with Gasteiger partial charge in [0.25, 0.3) is 0 Å². The fraction of sp³-hybridized carbons (Fsp3) is 0.667. The quantitative estimate of drug-likeness (QED) is 0.779. The van der Waals surface area contributed by atoms with Crippen LogP contribution in [-0.2, 0) is 16.4 Å². The Labute approximate surface area is 108 Å². The Morgan fingerprint density at radius 2 is 1.83 bits per heavy atom. The maximum atomic E-state index is 12.0. The number of rotatable bonds is 4. The van der Waals surface area contributed by atoms with Gasteiger partial charge in [0.15, 0.2) is 16.1 Å². The van der Waals surface area contributed by atoms with E-state index in [0.29, 0.717) is 17.0 Å². The van der Waals surface area contributed by atoms with Gasteiger partial charge in [0, 0.05) is 5.69 Å². The Balaban J connectivity index is 2.92. The molecule has 0 aliphatic heterocycles. The highest BCUT2D eigenvalue weighted by Gasteiger charge is 2.28. The Bertz CT molecular complexity index is 551. The maximum Gasteiger partial charge on any atom is 0.157 e. The van der Waals surface area contributed by atoms with Crippen LogP contribution in [0, 0.1) is 13.8 Å². The number of sulfone groups is 1. The van der Waals surface area contributed by atoms with Crippen molar-refractivity contribution in [3.05, 3.63) is 17.0 Å². The molecule has 1 aromatic heterocycles. The second kappa shape index (κ2) is 4.84. The van der Waals surface area contributed by atoms with Crippen LogP contribution < -0.4 is 0 Å². The molecule has 0 spiro atoms. The van der Waals surface area contributed by atoms with Crippen molar-refractivity contribution < 1.29 is 13.2 Å². The van der Waals surface area contributed by atoms with Crippen LogP contribution in [0.15, 0.2) is 0 Å². The van der Waals surface area contributed by atoms with Gasteiger partial charge in [0.2, 0.25) is 0 Å². The number of carbonyl (C=O) groups excluding carboxylic acids is 1. The van der Waals surface area contributed by atoms with Crippen LogP contribution in [0.2, 0.25) is 0 Å². The van der Waals surface area contributed by atoms with Gasteiger partial charge in [-0.05, 0) is 34.6 Å². The van der Waals surface area contributed by atoms with E-state index in [1.165, 1.54) is 0 Å². The number of aldehydes is 1. The predicted molar refractivity (Wildman–Crippen MR) is 70.6 cm³/mol. The summed E-state index contributed by atoms with van der Waals surface area (Å²) in [6.07, 6.45) is 0.756. The Morgan fingerprint density at radius 3 is 2.22 bits per heavy atom. The molecule has 18 heavy (non-hydrogen) atoms. The molecule has 1 heterocycles. The number of hydrogen-bond donors (Lipinski definition) is 0. The molecule has 1 rings (SSSR count). The minimum Gasteiger partial charge on any atom is -0.298 e. The third kappa shape index (κ3) is 2.80. The lowest BCUT2D eigenvalue weighted by Crippen LogP contribution is -2.32. The summed E-state index contributed by atoms with van der Waals surface area (Å²) in [6.45, 7) is 8.83. The first-order valence-corrected chi connectivity index (χ1v) is 7.47. The van der Waals surface area contributed by atoms with Crippen molar-refractivity contribution in [2.75, 3.05) is 5.75 Å². The fourth-order valence-corrected chi connectivity index (χ4v) is 2.64. The van der Waals surface area contributed by atoms with E-state index >= 15 is 0 Å². The summed E-state index contributed by atoms with van der Waals surface area (Å²) in [5.41, 5.74) is 1.89. The lowest BCUT2D eigenvalue weighted by Gasteiger charge is -2.19. The van der Waals surface area contributed by atoms with Crippen molar-refractivity contribution in [3.8, 4) is 0 Å². The summed E-state index contributed by atoms with van der Waals surface area (Å²) in [4.78, 5) is 10.9. The zero-order valence-corrected chi connectivity index (χ0v) is 12.3. The fourth-order valence-electron chi connectivity index (χ4n) is 1.61. The van der Waals surface area contributed by atoms with Gasteiger partial charge in [-0.15, -0.1) is 0 Å². The molecule has 102 valence electrons. The van der Waals surface area contributed by atoms with E-state index in [1.54, 1.807) is 39.3 Å². The molecular formula is C12H20N2O3S. The Kier molecular flexibility index (Phi) is 4.00. The first kappa shape index (κ1) is 14.9. The normalized spacial score (nSPS) is 12.7. The van der Waals surface area contributed by atoms with Crippen LogP contribution in [0.25, 0.3) is 0 Å². The average Bonchev–Trinajstić information content (AvgIpc) is 2.49. The smallest absolute Gasteiger partial charge is 0.157 e. The molecule has 0 atom stereocenters. The first-order valence-electron chi connectivity index (χ1n) is 5.81. The van der Waals surface area contributed by atoms with Gasteiger partial charge in [0.05, 0.1) is 28.3 Å². The average molecular weight is 272 g/mol. The second-order valence-electron chi connectivity index (χ2n) is 5.36. The van der Waals surface area contributed by atoms with E-state index in [9.17, 15) is 13.2 Å². The van der Waals surface area contributed by atoms with Gasteiger partial charge in [-0.2, -0.15) is 5.10 Å². The maximum absolute atomic E-state index is 12.0. The Morgan fingerprint density at radius 1 is 1.28 bits per heavy atom. The van der Waals surface area contributed by atoms with Crippen LogP contribution in [0.3, 0.4) is 0 Å².